The Labute approximate surface area is 129 Å². The number of hydrogen-bond acceptors (Lipinski definition) is 4. The molecule has 3 aliphatic carbocycles. The Kier molecular flexibility index (Phi) is 2.86. The number of nitrogens with zero attached hydrogens (tertiary/aromatic N) is 2. The van der Waals surface area contributed by atoms with E-state index in [1.165, 1.54) is 16.2 Å². The molecule has 20 heavy (non-hydrogen) atoms. The van der Waals surface area contributed by atoms with Gasteiger partial charge in [0.1, 0.15) is 5.01 Å². The van der Waals surface area contributed by atoms with Crippen molar-refractivity contribution < 1.29 is 9.59 Å². The Balaban J connectivity index is 1.63. The topological polar surface area (TPSA) is 50.3 Å². The van der Waals surface area contributed by atoms with Crippen LogP contribution in [0.4, 0.5) is 0 Å². The van der Waals surface area contributed by atoms with Gasteiger partial charge in [-0.3, -0.25) is 14.5 Å². The van der Waals surface area contributed by atoms with Gasteiger partial charge in [0.2, 0.25) is 11.8 Å². The van der Waals surface area contributed by atoms with Gasteiger partial charge in [0.05, 0.1) is 28.4 Å². The van der Waals surface area contributed by atoms with Crippen LogP contribution in [-0.2, 0) is 16.1 Å². The van der Waals surface area contributed by atoms with Crippen LogP contribution in [0.5, 0.6) is 0 Å². The number of rotatable bonds is 2. The lowest BCUT2D eigenvalue weighted by molar-refractivity contribution is -0.140. The van der Waals surface area contributed by atoms with E-state index in [1.807, 2.05) is 0 Å². The lowest BCUT2D eigenvalue weighted by Gasteiger charge is -2.38. The summed E-state index contributed by atoms with van der Waals surface area (Å²) in [6.07, 6.45) is 8.08. The predicted octanol–water partition coefficient (Wildman–Crippen LogP) is 2.60. The van der Waals surface area contributed by atoms with E-state index in [9.17, 15) is 9.59 Å². The standard InChI is InChI=1S/C14H13BrN2O2S/c15-9-5-16-10(20-9)6-17-13(18)11-7-1-2-8(4-3-7)12(11)14(17)19/h1-2,5,7-8,11-12H,3-4,6H2. The summed E-state index contributed by atoms with van der Waals surface area (Å²) in [4.78, 5) is 30.8. The molecule has 4 nitrogen and oxygen atoms in total. The maximum absolute atomic E-state index is 12.6. The molecule has 1 saturated carbocycles. The molecule has 0 N–H and O–H groups in total. The molecule has 2 fully saturated rings. The molecular weight excluding hydrogens is 340 g/mol. The van der Waals surface area contributed by atoms with Gasteiger partial charge in [0.25, 0.3) is 0 Å². The van der Waals surface area contributed by atoms with E-state index >= 15 is 0 Å². The van der Waals surface area contributed by atoms with Gasteiger partial charge in [-0.15, -0.1) is 11.3 Å². The minimum absolute atomic E-state index is 0.00497. The molecule has 0 radical (unpaired) electrons. The van der Waals surface area contributed by atoms with Crippen molar-refractivity contribution in [1.82, 2.24) is 9.88 Å². The summed E-state index contributed by atoms with van der Waals surface area (Å²) < 4.78 is 0.922. The first-order valence-electron chi connectivity index (χ1n) is 6.79. The number of fused-ring (bicyclic) bond motifs is 1. The molecule has 1 aliphatic heterocycles. The zero-order valence-electron chi connectivity index (χ0n) is 10.7. The van der Waals surface area contributed by atoms with Gasteiger partial charge in [-0.2, -0.15) is 0 Å². The Morgan fingerprint density at radius 3 is 2.25 bits per heavy atom. The van der Waals surface area contributed by atoms with Crippen LogP contribution in [0.25, 0.3) is 0 Å². The lowest BCUT2D eigenvalue weighted by atomic mass is 9.63. The first-order valence-corrected chi connectivity index (χ1v) is 8.40. The molecule has 1 aromatic rings. The average Bonchev–Trinajstić information content (AvgIpc) is 2.99. The minimum Gasteiger partial charge on any atom is -0.275 e. The quantitative estimate of drug-likeness (QED) is 0.607. The van der Waals surface area contributed by atoms with Gasteiger partial charge in [-0.05, 0) is 40.6 Å². The number of thiazole rings is 1. The summed E-state index contributed by atoms with van der Waals surface area (Å²) in [5, 5.41) is 0.803. The van der Waals surface area contributed by atoms with Crippen molar-refractivity contribution >= 4 is 39.1 Å². The van der Waals surface area contributed by atoms with Crippen LogP contribution in [0.1, 0.15) is 17.8 Å². The Morgan fingerprint density at radius 2 is 1.80 bits per heavy atom. The summed E-state index contributed by atoms with van der Waals surface area (Å²) in [5.41, 5.74) is 0. The summed E-state index contributed by atoms with van der Waals surface area (Å²) in [7, 11) is 0. The van der Waals surface area contributed by atoms with Crippen molar-refractivity contribution in [1.29, 1.82) is 0 Å². The minimum atomic E-state index is -0.116. The summed E-state index contributed by atoms with van der Waals surface area (Å²) in [6.45, 7) is 0.320. The number of carbonyl (C=O) groups is 2. The molecule has 5 rings (SSSR count). The molecule has 0 aromatic carbocycles. The molecule has 4 aliphatic rings. The van der Waals surface area contributed by atoms with Gasteiger partial charge in [-0.25, -0.2) is 4.98 Å². The first-order chi connectivity index (χ1) is 9.65. The average molecular weight is 353 g/mol. The van der Waals surface area contributed by atoms with Crippen molar-refractivity contribution in [3.63, 3.8) is 0 Å². The fourth-order valence-electron chi connectivity index (χ4n) is 3.79. The number of likely N-dealkylation sites (tertiary alicyclic amines) is 1. The molecule has 0 spiro atoms. The number of halogens is 1. The molecule has 104 valence electrons. The molecule has 4 unspecified atom stereocenters. The van der Waals surface area contributed by atoms with E-state index in [1.54, 1.807) is 6.20 Å². The Morgan fingerprint density at radius 1 is 1.20 bits per heavy atom. The summed E-state index contributed by atoms with van der Waals surface area (Å²) in [5.74, 6) is 0.295. The maximum atomic E-state index is 12.6. The smallest absolute Gasteiger partial charge is 0.234 e. The third kappa shape index (κ3) is 1.74. The summed E-state index contributed by atoms with van der Waals surface area (Å²) in [6, 6.07) is 0. The maximum Gasteiger partial charge on any atom is 0.234 e. The van der Waals surface area contributed by atoms with Crippen molar-refractivity contribution in [2.24, 2.45) is 23.7 Å². The van der Waals surface area contributed by atoms with Crippen molar-refractivity contribution in [3.8, 4) is 0 Å². The van der Waals surface area contributed by atoms with Crippen molar-refractivity contribution in [3.05, 3.63) is 27.1 Å². The highest BCUT2D eigenvalue weighted by molar-refractivity contribution is 9.11. The Bertz CT molecular complexity index is 594. The van der Waals surface area contributed by atoms with E-state index in [0.717, 1.165) is 21.6 Å². The van der Waals surface area contributed by atoms with Crippen LogP contribution in [0.2, 0.25) is 0 Å². The van der Waals surface area contributed by atoms with E-state index < -0.39 is 0 Å². The summed E-state index contributed by atoms with van der Waals surface area (Å²) >= 11 is 4.83. The SMILES string of the molecule is O=C1C2C3C=CC(CC3)C2C(=O)N1Cc1ncc(Br)s1. The van der Waals surface area contributed by atoms with Gasteiger partial charge in [0, 0.05) is 0 Å². The lowest BCUT2D eigenvalue weighted by Crippen LogP contribution is -2.38. The van der Waals surface area contributed by atoms with E-state index in [-0.39, 0.29) is 35.5 Å². The fraction of sp³-hybridized carbons (Fsp3) is 0.500. The zero-order chi connectivity index (χ0) is 13.9. The monoisotopic (exact) mass is 352 g/mol. The van der Waals surface area contributed by atoms with Gasteiger partial charge in [-0.1, -0.05) is 12.2 Å². The zero-order valence-corrected chi connectivity index (χ0v) is 13.1. The van der Waals surface area contributed by atoms with Crippen LogP contribution in [0.15, 0.2) is 22.1 Å². The fourth-order valence-corrected chi connectivity index (χ4v) is 5.08. The molecule has 1 aromatic heterocycles. The number of carbonyl (C=O) groups excluding carboxylic acids is 2. The highest BCUT2D eigenvalue weighted by Crippen LogP contribution is 2.49. The second-order valence-corrected chi connectivity index (χ2v) is 8.16. The predicted molar refractivity (Wildman–Crippen MR) is 77.7 cm³/mol. The largest absolute Gasteiger partial charge is 0.275 e. The number of hydrogen-bond donors (Lipinski definition) is 0. The van der Waals surface area contributed by atoms with Crippen LogP contribution >= 0.6 is 27.3 Å². The van der Waals surface area contributed by atoms with Gasteiger partial charge < -0.3 is 0 Å². The van der Waals surface area contributed by atoms with E-state index in [4.69, 9.17) is 0 Å². The number of aromatic nitrogens is 1. The van der Waals surface area contributed by atoms with Gasteiger partial charge in [0.15, 0.2) is 0 Å². The number of allylic oxidation sites excluding steroid dienone is 2. The molecule has 1 saturated heterocycles. The van der Waals surface area contributed by atoms with E-state index in [0.29, 0.717) is 6.54 Å². The van der Waals surface area contributed by atoms with Crippen molar-refractivity contribution in [2.45, 2.75) is 19.4 Å². The molecule has 6 heteroatoms. The van der Waals surface area contributed by atoms with Crippen LogP contribution in [-0.4, -0.2) is 21.7 Å². The Hall–Kier alpha value is -1.01. The van der Waals surface area contributed by atoms with Crippen LogP contribution in [0, 0.1) is 23.7 Å². The molecular formula is C14H13BrN2O2S. The normalized spacial score (nSPS) is 35.0. The molecule has 2 amide bonds. The highest BCUT2D eigenvalue weighted by Gasteiger charge is 2.56. The first kappa shape index (κ1) is 12.7. The van der Waals surface area contributed by atoms with E-state index in [2.05, 4.69) is 33.1 Å². The highest BCUT2D eigenvalue weighted by atomic mass is 79.9. The molecule has 4 atom stereocenters. The van der Waals surface area contributed by atoms with Crippen LogP contribution in [0.3, 0.4) is 0 Å². The number of amides is 2. The van der Waals surface area contributed by atoms with Crippen LogP contribution < -0.4 is 0 Å². The third-order valence-corrected chi connectivity index (χ3v) is 6.13. The number of imide groups is 1. The molecule has 2 heterocycles. The van der Waals surface area contributed by atoms with Gasteiger partial charge >= 0.3 is 0 Å². The third-order valence-electron chi connectivity index (χ3n) is 4.67. The molecule has 2 bridgehead atoms. The second kappa shape index (κ2) is 4.49. The van der Waals surface area contributed by atoms with Crippen molar-refractivity contribution in [2.75, 3.05) is 0 Å². The second-order valence-electron chi connectivity index (χ2n) is 5.66.